The first-order chi connectivity index (χ1) is 14.7. The van der Waals surface area contributed by atoms with Crippen molar-refractivity contribution in [2.75, 3.05) is 31.7 Å². The molecule has 3 aromatic rings. The van der Waals surface area contributed by atoms with E-state index in [0.717, 1.165) is 43.1 Å². The van der Waals surface area contributed by atoms with Gasteiger partial charge in [-0.05, 0) is 56.2 Å². The molecular formula is C21H23N5O4. The quantitative estimate of drug-likeness (QED) is 0.568. The van der Waals surface area contributed by atoms with Crippen molar-refractivity contribution in [3.05, 3.63) is 36.4 Å². The van der Waals surface area contributed by atoms with Crippen LogP contribution in [0.25, 0.3) is 23.0 Å². The number of carbonyl (C=O) groups is 1. The summed E-state index contributed by atoms with van der Waals surface area (Å²) in [5.41, 5.74) is 1.33. The third kappa shape index (κ3) is 4.24. The van der Waals surface area contributed by atoms with Crippen molar-refractivity contribution in [3.8, 4) is 28.7 Å². The highest BCUT2D eigenvalue weighted by Gasteiger charge is 2.26. The van der Waals surface area contributed by atoms with Crippen LogP contribution in [0.1, 0.15) is 19.8 Å². The molecule has 0 saturated carbocycles. The lowest BCUT2D eigenvalue weighted by molar-refractivity contribution is -0.148. The van der Waals surface area contributed by atoms with Crippen molar-refractivity contribution in [3.63, 3.8) is 0 Å². The number of ether oxygens (including phenoxy) is 2. The van der Waals surface area contributed by atoms with Gasteiger partial charge in [-0.1, -0.05) is 5.16 Å². The third-order valence-electron chi connectivity index (χ3n) is 5.08. The molecule has 0 unspecified atom stereocenters. The summed E-state index contributed by atoms with van der Waals surface area (Å²) in [6.07, 6.45) is 1.49. The van der Waals surface area contributed by atoms with Crippen molar-refractivity contribution >= 4 is 11.8 Å². The Bertz CT molecular complexity index is 979. The molecule has 1 aliphatic heterocycles. The molecule has 3 heterocycles. The second-order valence-electron chi connectivity index (χ2n) is 6.94. The van der Waals surface area contributed by atoms with Crippen LogP contribution in [0.5, 0.6) is 5.75 Å². The second kappa shape index (κ2) is 8.89. The number of methoxy groups -OCH3 is 1. The van der Waals surface area contributed by atoms with Gasteiger partial charge >= 0.3 is 5.97 Å². The van der Waals surface area contributed by atoms with Crippen molar-refractivity contribution in [1.29, 1.82) is 0 Å². The lowest BCUT2D eigenvalue weighted by Crippen LogP contribution is -2.37. The molecule has 4 rings (SSSR count). The van der Waals surface area contributed by atoms with Gasteiger partial charge in [0.05, 0.1) is 19.6 Å². The topological polar surface area (TPSA) is 103 Å². The third-order valence-corrected chi connectivity index (χ3v) is 5.08. The van der Waals surface area contributed by atoms with Gasteiger partial charge in [0, 0.05) is 18.7 Å². The predicted molar refractivity (Wildman–Crippen MR) is 109 cm³/mol. The maximum Gasteiger partial charge on any atom is 0.309 e. The van der Waals surface area contributed by atoms with Crippen LogP contribution in [-0.2, 0) is 9.53 Å². The van der Waals surface area contributed by atoms with Crippen LogP contribution in [0.2, 0.25) is 0 Å². The maximum atomic E-state index is 11.9. The highest BCUT2D eigenvalue weighted by molar-refractivity contribution is 5.72. The molecule has 2 aromatic heterocycles. The average molecular weight is 409 g/mol. The number of hydrogen-bond donors (Lipinski definition) is 0. The number of rotatable bonds is 6. The zero-order valence-electron chi connectivity index (χ0n) is 16.9. The number of benzene rings is 1. The Balaban J connectivity index is 1.41. The molecule has 30 heavy (non-hydrogen) atoms. The lowest BCUT2D eigenvalue weighted by Gasteiger charge is -2.31. The number of hydrogen-bond acceptors (Lipinski definition) is 9. The molecule has 9 heteroatoms. The van der Waals surface area contributed by atoms with Crippen LogP contribution < -0.4 is 9.64 Å². The fraction of sp³-hybridized carbons (Fsp3) is 0.381. The summed E-state index contributed by atoms with van der Waals surface area (Å²) in [6.45, 7) is 3.72. The van der Waals surface area contributed by atoms with E-state index in [0.29, 0.717) is 24.0 Å². The molecule has 0 aliphatic carbocycles. The van der Waals surface area contributed by atoms with Gasteiger partial charge in [-0.2, -0.15) is 4.98 Å². The number of piperidine rings is 1. The Hall–Kier alpha value is -3.49. The van der Waals surface area contributed by atoms with E-state index in [1.165, 1.54) is 0 Å². The highest BCUT2D eigenvalue weighted by Crippen LogP contribution is 2.25. The Labute approximate surface area is 174 Å². The lowest BCUT2D eigenvalue weighted by atomic mass is 9.97. The van der Waals surface area contributed by atoms with Gasteiger partial charge in [-0.3, -0.25) is 4.79 Å². The van der Waals surface area contributed by atoms with Crippen molar-refractivity contribution in [2.45, 2.75) is 19.8 Å². The number of aromatic nitrogens is 4. The van der Waals surface area contributed by atoms with Crippen molar-refractivity contribution in [2.24, 2.45) is 5.92 Å². The van der Waals surface area contributed by atoms with E-state index in [-0.39, 0.29) is 11.9 Å². The minimum absolute atomic E-state index is 0.0387. The fourth-order valence-electron chi connectivity index (χ4n) is 3.40. The Morgan fingerprint density at radius 3 is 2.53 bits per heavy atom. The van der Waals surface area contributed by atoms with Crippen LogP contribution in [0, 0.1) is 5.92 Å². The molecule has 156 valence electrons. The van der Waals surface area contributed by atoms with E-state index >= 15 is 0 Å². The molecule has 0 amide bonds. The van der Waals surface area contributed by atoms with E-state index in [1.54, 1.807) is 7.11 Å². The monoisotopic (exact) mass is 409 g/mol. The molecule has 0 atom stereocenters. The summed E-state index contributed by atoms with van der Waals surface area (Å²) in [4.78, 5) is 18.4. The van der Waals surface area contributed by atoms with Gasteiger partial charge in [0.2, 0.25) is 5.82 Å². The van der Waals surface area contributed by atoms with Crippen LogP contribution >= 0.6 is 0 Å². The van der Waals surface area contributed by atoms with Gasteiger partial charge in [0.15, 0.2) is 11.5 Å². The Morgan fingerprint density at radius 1 is 1.13 bits per heavy atom. The average Bonchev–Trinajstić information content (AvgIpc) is 3.30. The summed E-state index contributed by atoms with van der Waals surface area (Å²) in [5, 5.41) is 12.6. The molecular weight excluding hydrogens is 386 g/mol. The molecule has 1 aliphatic rings. The van der Waals surface area contributed by atoms with Crippen LogP contribution in [0.3, 0.4) is 0 Å². The standard InChI is InChI=1S/C21H23N5O4/c1-3-29-21(27)15-10-12-26(13-11-15)18-9-8-17(23-24-18)20-22-19(25-30-20)14-4-6-16(28-2)7-5-14/h4-9,15H,3,10-13H2,1-2H3. The summed E-state index contributed by atoms with van der Waals surface area (Å²) >= 11 is 0. The van der Waals surface area contributed by atoms with Crippen molar-refractivity contribution in [1.82, 2.24) is 20.3 Å². The smallest absolute Gasteiger partial charge is 0.309 e. The molecule has 0 N–H and O–H groups in total. The second-order valence-corrected chi connectivity index (χ2v) is 6.94. The fourth-order valence-corrected chi connectivity index (χ4v) is 3.40. The predicted octanol–water partition coefficient (Wildman–Crippen LogP) is 2.98. The minimum Gasteiger partial charge on any atom is -0.497 e. The zero-order chi connectivity index (χ0) is 20.9. The highest BCUT2D eigenvalue weighted by atomic mass is 16.5. The van der Waals surface area contributed by atoms with E-state index in [2.05, 4.69) is 25.2 Å². The Kier molecular flexibility index (Phi) is 5.87. The number of carbonyl (C=O) groups excluding carboxylic acids is 1. The number of anilines is 1. The molecule has 0 bridgehead atoms. The van der Waals surface area contributed by atoms with Gasteiger partial charge in [0.1, 0.15) is 5.75 Å². The van der Waals surface area contributed by atoms with Crippen LogP contribution in [0.15, 0.2) is 40.9 Å². The maximum absolute atomic E-state index is 11.9. The van der Waals surface area contributed by atoms with Crippen molar-refractivity contribution < 1.29 is 18.8 Å². The first-order valence-electron chi connectivity index (χ1n) is 9.91. The van der Waals surface area contributed by atoms with E-state index in [4.69, 9.17) is 14.0 Å². The van der Waals surface area contributed by atoms with E-state index in [9.17, 15) is 4.79 Å². The molecule has 0 spiro atoms. The summed E-state index contributed by atoms with van der Waals surface area (Å²) in [7, 11) is 1.62. The van der Waals surface area contributed by atoms with Crippen LogP contribution in [-0.4, -0.2) is 53.1 Å². The largest absolute Gasteiger partial charge is 0.497 e. The zero-order valence-corrected chi connectivity index (χ0v) is 16.9. The molecule has 9 nitrogen and oxygen atoms in total. The van der Waals surface area contributed by atoms with Crippen LogP contribution in [0.4, 0.5) is 5.82 Å². The summed E-state index contributed by atoms with van der Waals surface area (Å²) in [6, 6.07) is 11.1. The SMILES string of the molecule is CCOC(=O)C1CCN(c2ccc(-c3nc(-c4ccc(OC)cc4)no3)nn2)CC1. The normalized spacial score (nSPS) is 14.5. The van der Waals surface area contributed by atoms with Gasteiger partial charge < -0.3 is 18.9 Å². The Morgan fingerprint density at radius 2 is 1.90 bits per heavy atom. The first-order valence-corrected chi connectivity index (χ1v) is 9.91. The number of nitrogens with zero attached hydrogens (tertiary/aromatic N) is 5. The van der Waals surface area contributed by atoms with E-state index in [1.807, 2.05) is 43.3 Å². The molecule has 1 aromatic carbocycles. The van der Waals surface area contributed by atoms with Gasteiger partial charge in [0.25, 0.3) is 5.89 Å². The number of esters is 1. The minimum atomic E-state index is -0.109. The summed E-state index contributed by atoms with van der Waals surface area (Å²) < 4.78 is 15.6. The summed E-state index contributed by atoms with van der Waals surface area (Å²) in [5.74, 6) is 2.15. The molecule has 1 saturated heterocycles. The molecule has 0 radical (unpaired) electrons. The van der Waals surface area contributed by atoms with Gasteiger partial charge in [-0.25, -0.2) is 0 Å². The van der Waals surface area contributed by atoms with E-state index < -0.39 is 0 Å². The molecule has 1 fully saturated rings. The first kappa shape index (κ1) is 19.8. The van der Waals surface area contributed by atoms with Gasteiger partial charge in [-0.15, -0.1) is 10.2 Å².